The van der Waals surface area contributed by atoms with Crippen LogP contribution >= 0.6 is 0 Å². The molecule has 2 aliphatic carbocycles. The van der Waals surface area contributed by atoms with Gasteiger partial charge in [0.2, 0.25) is 0 Å². The third-order valence-corrected chi connectivity index (χ3v) is 9.19. The molecule has 0 bridgehead atoms. The van der Waals surface area contributed by atoms with E-state index in [9.17, 15) is 9.90 Å². The summed E-state index contributed by atoms with van der Waals surface area (Å²) in [5.74, 6) is 1.11. The first-order valence-electron chi connectivity index (χ1n) is 14.5. The first-order valence-corrected chi connectivity index (χ1v) is 14.5. The Balaban J connectivity index is 1.21. The first-order chi connectivity index (χ1) is 19.3. The Morgan fingerprint density at radius 2 is 2.10 bits per heavy atom. The Morgan fingerprint density at radius 3 is 2.88 bits per heavy atom. The molecule has 11 nitrogen and oxygen atoms in total. The van der Waals surface area contributed by atoms with Crippen molar-refractivity contribution in [3.05, 3.63) is 41.0 Å². The molecular weight excluding hydrogens is 506 g/mol. The van der Waals surface area contributed by atoms with Gasteiger partial charge in [0.25, 0.3) is 5.91 Å². The molecule has 0 spiro atoms. The van der Waals surface area contributed by atoms with E-state index in [4.69, 9.17) is 10.7 Å². The van der Waals surface area contributed by atoms with Crippen LogP contribution in [0.3, 0.4) is 0 Å². The topological polar surface area (TPSA) is 146 Å². The maximum atomic E-state index is 13.3. The second-order valence-corrected chi connectivity index (χ2v) is 12.1. The summed E-state index contributed by atoms with van der Waals surface area (Å²) in [6, 6.07) is 2.45. The zero-order valence-electron chi connectivity index (χ0n) is 23.1. The number of nitrogens with one attached hydrogen (secondary N) is 2. The summed E-state index contributed by atoms with van der Waals surface area (Å²) in [6.45, 7) is 3.96. The van der Waals surface area contributed by atoms with Crippen LogP contribution in [0.2, 0.25) is 0 Å². The smallest absolute Gasteiger partial charge is 0.267 e. The molecule has 11 heteroatoms. The number of nitrogens with two attached hydrogens (primary N) is 1. The largest absolute Gasteiger partial charge is 0.384 e. The second kappa shape index (κ2) is 9.43. The summed E-state index contributed by atoms with van der Waals surface area (Å²) in [5, 5.41) is 22.4. The van der Waals surface area contributed by atoms with Gasteiger partial charge in [-0.2, -0.15) is 14.7 Å². The summed E-state index contributed by atoms with van der Waals surface area (Å²) in [6.07, 6.45) is 13.0. The van der Waals surface area contributed by atoms with E-state index in [2.05, 4.69) is 38.9 Å². The minimum Gasteiger partial charge on any atom is -0.384 e. The fraction of sp³-hybridized carbons (Fsp3) is 0.552. The van der Waals surface area contributed by atoms with Gasteiger partial charge in [-0.3, -0.25) is 15.2 Å². The number of pyridine rings is 1. The van der Waals surface area contributed by atoms with E-state index in [0.717, 1.165) is 97.1 Å². The average molecular weight is 544 g/mol. The third-order valence-electron chi connectivity index (χ3n) is 9.19. The number of aromatic nitrogens is 4. The van der Waals surface area contributed by atoms with Crippen molar-refractivity contribution in [3.63, 3.8) is 0 Å². The average Bonchev–Trinajstić information content (AvgIpc) is 3.30. The van der Waals surface area contributed by atoms with Crippen LogP contribution in [0.25, 0.3) is 16.8 Å². The number of aryl methyl sites for hydroxylation is 2. The van der Waals surface area contributed by atoms with Crippen molar-refractivity contribution >= 4 is 23.7 Å². The lowest BCUT2D eigenvalue weighted by Gasteiger charge is -2.31. The molecule has 210 valence electrons. The molecule has 1 saturated heterocycles. The van der Waals surface area contributed by atoms with Crippen molar-refractivity contribution in [2.75, 3.05) is 5.73 Å². The van der Waals surface area contributed by atoms with E-state index in [1.54, 1.807) is 4.52 Å². The highest BCUT2D eigenvalue weighted by molar-refractivity contribution is 5.85. The van der Waals surface area contributed by atoms with E-state index in [0.29, 0.717) is 11.7 Å². The number of anilines is 1. The Labute approximate surface area is 233 Å². The van der Waals surface area contributed by atoms with Crippen LogP contribution in [0.1, 0.15) is 87.2 Å². The fourth-order valence-electron chi connectivity index (χ4n) is 6.95. The SMILES string of the molecule is CC1CCC(CCc2nc3c(-c4cnc5c(c4)CCCC5(C)O)cnn3c(N)c2C2CC2)N1C(=O)C1NC=NN1. The lowest BCUT2D eigenvalue weighted by atomic mass is 9.83. The van der Waals surface area contributed by atoms with Crippen molar-refractivity contribution in [1.29, 1.82) is 0 Å². The van der Waals surface area contributed by atoms with Gasteiger partial charge in [-0.05, 0) is 89.2 Å². The molecule has 7 rings (SSSR count). The monoisotopic (exact) mass is 543 g/mol. The van der Waals surface area contributed by atoms with E-state index >= 15 is 0 Å². The maximum absolute atomic E-state index is 13.3. The minimum absolute atomic E-state index is 0.0369. The molecule has 5 heterocycles. The summed E-state index contributed by atoms with van der Waals surface area (Å²) in [4.78, 5) is 25.2. The van der Waals surface area contributed by atoms with E-state index < -0.39 is 11.8 Å². The molecule has 1 saturated carbocycles. The van der Waals surface area contributed by atoms with E-state index in [1.165, 1.54) is 6.34 Å². The van der Waals surface area contributed by atoms with Gasteiger partial charge in [0.15, 0.2) is 11.8 Å². The minimum atomic E-state index is -0.897. The van der Waals surface area contributed by atoms with Crippen LogP contribution in [0.4, 0.5) is 5.82 Å². The number of aliphatic hydroxyl groups is 1. The van der Waals surface area contributed by atoms with Crippen molar-refractivity contribution in [1.82, 2.24) is 35.2 Å². The third kappa shape index (κ3) is 4.18. The number of hydrazone groups is 1. The van der Waals surface area contributed by atoms with Crippen LogP contribution in [-0.2, 0) is 23.2 Å². The predicted octanol–water partition coefficient (Wildman–Crippen LogP) is 2.57. The molecule has 0 radical (unpaired) electrons. The van der Waals surface area contributed by atoms with Crippen molar-refractivity contribution < 1.29 is 9.90 Å². The maximum Gasteiger partial charge on any atom is 0.267 e. The Morgan fingerprint density at radius 1 is 1.25 bits per heavy atom. The van der Waals surface area contributed by atoms with Gasteiger partial charge in [0.05, 0.1) is 17.6 Å². The second-order valence-electron chi connectivity index (χ2n) is 12.1. The number of hydrogen-bond donors (Lipinski definition) is 4. The summed E-state index contributed by atoms with van der Waals surface area (Å²) >= 11 is 0. The fourth-order valence-corrected chi connectivity index (χ4v) is 6.95. The molecule has 1 amide bonds. The van der Waals surface area contributed by atoms with Gasteiger partial charge in [-0.15, -0.1) is 0 Å². The lowest BCUT2D eigenvalue weighted by Crippen LogP contribution is -2.52. The molecule has 4 atom stereocenters. The van der Waals surface area contributed by atoms with Gasteiger partial charge in [-0.1, -0.05) is 0 Å². The van der Waals surface area contributed by atoms with Crippen molar-refractivity contribution in [2.45, 2.75) is 101 Å². The number of rotatable bonds is 6. The molecule has 0 aromatic carbocycles. The highest BCUT2D eigenvalue weighted by atomic mass is 16.3. The number of carbonyl (C=O) groups excluding carboxylic acids is 1. The van der Waals surface area contributed by atoms with E-state index in [-0.39, 0.29) is 18.0 Å². The Kier molecular flexibility index (Phi) is 5.95. The Bertz CT molecular complexity index is 1500. The molecular formula is C29H37N9O2. The first kappa shape index (κ1) is 25.3. The molecule has 2 fully saturated rings. The number of nitrogen functional groups attached to an aromatic ring is 1. The van der Waals surface area contributed by atoms with Gasteiger partial charge in [0, 0.05) is 35.0 Å². The summed E-state index contributed by atoms with van der Waals surface area (Å²) in [5.41, 5.74) is 15.3. The zero-order valence-corrected chi connectivity index (χ0v) is 23.1. The number of fused-ring (bicyclic) bond motifs is 2. The van der Waals surface area contributed by atoms with Crippen molar-refractivity contribution in [3.8, 4) is 11.1 Å². The summed E-state index contributed by atoms with van der Waals surface area (Å²) < 4.78 is 1.77. The van der Waals surface area contributed by atoms with Crippen LogP contribution in [0, 0.1) is 0 Å². The predicted molar refractivity (Wildman–Crippen MR) is 151 cm³/mol. The van der Waals surface area contributed by atoms with Crippen molar-refractivity contribution in [2.24, 2.45) is 5.10 Å². The number of nitrogens with zero attached hydrogens (tertiary/aromatic N) is 6. The van der Waals surface area contributed by atoms with Gasteiger partial charge < -0.3 is 21.1 Å². The van der Waals surface area contributed by atoms with E-state index in [1.807, 2.05) is 24.2 Å². The van der Waals surface area contributed by atoms with Crippen LogP contribution in [0.15, 0.2) is 23.6 Å². The molecule has 3 aromatic heterocycles. The van der Waals surface area contributed by atoms with Gasteiger partial charge >= 0.3 is 0 Å². The quantitative estimate of drug-likeness (QED) is 0.371. The normalized spacial score (nSPS) is 27.6. The molecule has 4 unspecified atom stereocenters. The lowest BCUT2D eigenvalue weighted by molar-refractivity contribution is -0.136. The number of carbonyl (C=O) groups is 1. The Hall–Kier alpha value is -3.73. The number of hydrogen-bond acceptors (Lipinski definition) is 9. The van der Waals surface area contributed by atoms with Crippen LogP contribution in [0.5, 0.6) is 0 Å². The molecule has 5 N–H and O–H groups in total. The molecule has 4 aliphatic rings. The van der Waals surface area contributed by atoms with Crippen LogP contribution < -0.4 is 16.5 Å². The summed E-state index contributed by atoms with van der Waals surface area (Å²) in [7, 11) is 0. The molecule has 3 aromatic rings. The van der Waals surface area contributed by atoms with Gasteiger partial charge in [0.1, 0.15) is 17.8 Å². The van der Waals surface area contributed by atoms with Gasteiger partial charge in [-0.25, -0.2) is 4.98 Å². The number of amides is 1. The highest BCUT2D eigenvalue weighted by Crippen LogP contribution is 2.45. The highest BCUT2D eigenvalue weighted by Gasteiger charge is 2.39. The molecule has 2 aliphatic heterocycles. The standard InChI is InChI=1S/C29H37N9O2/c1-16-5-8-20(37(16)28(39)26-32-15-33-36-26)9-10-22-23(17-6-7-17)25(30)38-27(35-22)21(14-34-38)19-12-18-4-3-11-29(2,40)24(18)31-13-19/h12-17,20,26,36,40H,3-11,30H2,1-2H3,(H,32,33). The van der Waals surface area contributed by atoms with Crippen LogP contribution in [-0.4, -0.2) is 60.1 Å². The molecule has 40 heavy (non-hydrogen) atoms. The zero-order chi connectivity index (χ0) is 27.6. The number of likely N-dealkylation sites (tertiary alicyclic amines) is 1.